The van der Waals surface area contributed by atoms with E-state index in [0.717, 1.165) is 25.2 Å². The van der Waals surface area contributed by atoms with E-state index in [0.29, 0.717) is 0 Å². The average Bonchev–Trinajstić information content (AvgIpc) is 2.02. The van der Waals surface area contributed by atoms with Crippen LogP contribution in [0.2, 0.25) is 0 Å². The predicted molar refractivity (Wildman–Crippen MR) is 58.7 cm³/mol. The molecule has 0 aliphatic carbocycles. The van der Waals surface area contributed by atoms with Gasteiger partial charge in [0, 0.05) is 22.1 Å². The molecule has 1 fully saturated rings. The van der Waals surface area contributed by atoms with Gasteiger partial charge in [0.25, 0.3) is 0 Å². The molecule has 0 bridgehead atoms. The van der Waals surface area contributed by atoms with Crippen molar-refractivity contribution in [2.75, 3.05) is 13.1 Å². The van der Waals surface area contributed by atoms with E-state index < -0.39 is 0 Å². The fourth-order valence-corrected chi connectivity index (χ4v) is 1.78. The minimum atomic E-state index is -0.114. The summed E-state index contributed by atoms with van der Waals surface area (Å²) in [5.41, 5.74) is 0.904. The van der Waals surface area contributed by atoms with Crippen molar-refractivity contribution in [2.24, 2.45) is 0 Å². The van der Waals surface area contributed by atoms with E-state index in [1.165, 1.54) is 3.57 Å². The molecule has 0 N–H and O–H groups in total. The maximum absolute atomic E-state index is 11.8. The molecule has 0 spiro atoms. The number of hydroxylamine groups is 2. The molecule has 0 atom stereocenters. The lowest BCUT2D eigenvalue weighted by Gasteiger charge is -2.49. The highest BCUT2D eigenvalue weighted by molar-refractivity contribution is 14.1. The van der Waals surface area contributed by atoms with Crippen LogP contribution in [-0.4, -0.2) is 13.1 Å². The first-order valence-corrected chi connectivity index (χ1v) is 5.13. The first kappa shape index (κ1) is 8.47. The highest BCUT2D eigenvalue weighted by Crippen LogP contribution is 2.29. The van der Waals surface area contributed by atoms with E-state index in [9.17, 15) is 5.21 Å². The van der Waals surface area contributed by atoms with Gasteiger partial charge < -0.3 is 9.85 Å². The SMILES string of the molecule is [O-][N+]1(c2ccc(I)cc2)CCC1. The molecule has 1 aliphatic rings. The number of halogens is 1. The van der Waals surface area contributed by atoms with E-state index in [2.05, 4.69) is 22.6 Å². The van der Waals surface area contributed by atoms with Crippen LogP contribution in [0.25, 0.3) is 0 Å². The second-order valence-corrected chi connectivity index (χ2v) is 4.41. The van der Waals surface area contributed by atoms with Gasteiger partial charge >= 0.3 is 0 Å². The summed E-state index contributed by atoms with van der Waals surface area (Å²) < 4.78 is 1.07. The van der Waals surface area contributed by atoms with Gasteiger partial charge in [-0.25, -0.2) is 0 Å². The minimum Gasteiger partial charge on any atom is -0.627 e. The van der Waals surface area contributed by atoms with E-state index in [4.69, 9.17) is 0 Å². The van der Waals surface area contributed by atoms with Crippen LogP contribution in [-0.2, 0) is 0 Å². The highest BCUT2D eigenvalue weighted by atomic mass is 127. The lowest BCUT2D eigenvalue weighted by atomic mass is 10.1. The molecule has 1 aromatic carbocycles. The van der Waals surface area contributed by atoms with E-state index >= 15 is 0 Å². The van der Waals surface area contributed by atoms with Gasteiger partial charge in [-0.15, -0.1) is 0 Å². The molecule has 1 saturated heterocycles. The molecule has 0 aromatic heterocycles. The number of quaternary nitrogens is 1. The van der Waals surface area contributed by atoms with Gasteiger partial charge in [0.1, 0.15) is 5.69 Å². The zero-order chi connectivity index (χ0) is 8.60. The Labute approximate surface area is 85.5 Å². The molecule has 2 rings (SSSR count). The van der Waals surface area contributed by atoms with Crippen molar-refractivity contribution in [1.29, 1.82) is 0 Å². The molecule has 0 unspecified atom stereocenters. The summed E-state index contributed by atoms with van der Waals surface area (Å²) in [7, 11) is 0. The number of benzene rings is 1. The largest absolute Gasteiger partial charge is 0.627 e. The van der Waals surface area contributed by atoms with Crippen molar-refractivity contribution in [3.63, 3.8) is 0 Å². The second kappa shape index (κ2) is 2.97. The molecular formula is C9H10INO. The van der Waals surface area contributed by atoms with Crippen molar-refractivity contribution in [2.45, 2.75) is 6.42 Å². The maximum Gasteiger partial charge on any atom is 0.132 e. The Morgan fingerprint density at radius 3 is 2.17 bits per heavy atom. The van der Waals surface area contributed by atoms with Gasteiger partial charge in [-0.05, 0) is 34.7 Å². The van der Waals surface area contributed by atoms with Crippen LogP contribution in [0.1, 0.15) is 6.42 Å². The fraction of sp³-hybridized carbons (Fsp3) is 0.333. The second-order valence-electron chi connectivity index (χ2n) is 3.17. The molecule has 0 radical (unpaired) electrons. The normalized spacial score (nSPS) is 20.2. The molecule has 12 heavy (non-hydrogen) atoms. The van der Waals surface area contributed by atoms with Crippen LogP contribution < -0.4 is 4.65 Å². The van der Waals surface area contributed by atoms with Crippen LogP contribution in [0.5, 0.6) is 0 Å². The topological polar surface area (TPSA) is 23.1 Å². The van der Waals surface area contributed by atoms with Crippen LogP contribution in [0.4, 0.5) is 5.69 Å². The molecule has 1 aromatic rings. The van der Waals surface area contributed by atoms with Gasteiger partial charge in [-0.1, -0.05) is 0 Å². The molecular weight excluding hydrogens is 265 g/mol. The maximum atomic E-state index is 11.8. The number of rotatable bonds is 1. The first-order valence-electron chi connectivity index (χ1n) is 4.05. The summed E-state index contributed by atoms with van der Waals surface area (Å²) in [6.45, 7) is 1.50. The van der Waals surface area contributed by atoms with Gasteiger partial charge in [0.05, 0.1) is 13.1 Å². The molecule has 3 heteroatoms. The van der Waals surface area contributed by atoms with E-state index in [1.54, 1.807) is 0 Å². The molecule has 1 aliphatic heterocycles. The number of nitrogens with zero attached hydrogens (tertiary/aromatic N) is 1. The number of hydrogen-bond donors (Lipinski definition) is 0. The third-order valence-corrected chi connectivity index (χ3v) is 3.05. The van der Waals surface area contributed by atoms with Crippen LogP contribution in [0, 0.1) is 8.78 Å². The van der Waals surface area contributed by atoms with Crippen molar-refractivity contribution in [3.8, 4) is 0 Å². The quantitative estimate of drug-likeness (QED) is 0.438. The zero-order valence-electron chi connectivity index (χ0n) is 6.66. The summed E-state index contributed by atoms with van der Waals surface area (Å²) in [4.78, 5) is 0. The van der Waals surface area contributed by atoms with E-state index in [1.807, 2.05) is 24.3 Å². The summed E-state index contributed by atoms with van der Waals surface area (Å²) in [5, 5.41) is 11.8. The summed E-state index contributed by atoms with van der Waals surface area (Å²) >= 11 is 2.25. The lowest BCUT2D eigenvalue weighted by Crippen LogP contribution is -2.54. The first-order chi connectivity index (χ1) is 5.71. The minimum absolute atomic E-state index is 0.114. The van der Waals surface area contributed by atoms with Crippen molar-refractivity contribution < 1.29 is 0 Å². The molecule has 64 valence electrons. The Kier molecular flexibility index (Phi) is 2.10. The molecule has 0 amide bonds. The van der Waals surface area contributed by atoms with Gasteiger partial charge in [0.15, 0.2) is 0 Å². The Morgan fingerprint density at radius 1 is 1.17 bits per heavy atom. The van der Waals surface area contributed by atoms with E-state index in [-0.39, 0.29) is 4.65 Å². The van der Waals surface area contributed by atoms with Gasteiger partial charge in [-0.3, -0.25) is 0 Å². The average molecular weight is 275 g/mol. The van der Waals surface area contributed by atoms with Gasteiger partial charge in [0.2, 0.25) is 0 Å². The zero-order valence-corrected chi connectivity index (χ0v) is 8.82. The van der Waals surface area contributed by atoms with Crippen molar-refractivity contribution in [3.05, 3.63) is 33.0 Å². The third-order valence-electron chi connectivity index (χ3n) is 2.34. The standard InChI is InChI=1S/C9H10INO/c10-8-2-4-9(5-3-8)11(12)6-1-7-11/h2-5H,1,6-7H2. The summed E-state index contributed by atoms with van der Waals surface area (Å²) in [6.07, 6.45) is 1.06. The third kappa shape index (κ3) is 1.36. The Balaban J connectivity index is 2.28. The summed E-state index contributed by atoms with van der Waals surface area (Å²) in [6, 6.07) is 7.86. The monoisotopic (exact) mass is 275 g/mol. The molecule has 0 saturated carbocycles. The fourth-order valence-electron chi connectivity index (χ4n) is 1.42. The van der Waals surface area contributed by atoms with Crippen molar-refractivity contribution in [1.82, 2.24) is 4.65 Å². The highest BCUT2D eigenvalue weighted by Gasteiger charge is 2.28. The van der Waals surface area contributed by atoms with Crippen LogP contribution in [0.3, 0.4) is 0 Å². The summed E-state index contributed by atoms with van der Waals surface area (Å²) in [5.74, 6) is 0. The van der Waals surface area contributed by atoms with Crippen molar-refractivity contribution >= 4 is 28.3 Å². The van der Waals surface area contributed by atoms with Crippen LogP contribution >= 0.6 is 22.6 Å². The Bertz CT molecular complexity index is 279. The Morgan fingerprint density at radius 2 is 1.75 bits per heavy atom. The molecule has 1 heterocycles. The molecule has 2 nitrogen and oxygen atoms in total. The smallest absolute Gasteiger partial charge is 0.132 e. The number of hydrogen-bond acceptors (Lipinski definition) is 1. The predicted octanol–water partition coefficient (Wildman–Crippen LogP) is 2.50. The Hall–Kier alpha value is -0.130. The van der Waals surface area contributed by atoms with Gasteiger partial charge in [-0.2, -0.15) is 0 Å². The lowest BCUT2D eigenvalue weighted by molar-refractivity contribution is 0.263. The van der Waals surface area contributed by atoms with Crippen LogP contribution in [0.15, 0.2) is 24.3 Å².